The van der Waals surface area contributed by atoms with Crippen LogP contribution in [0.15, 0.2) is 4.52 Å². The van der Waals surface area contributed by atoms with Gasteiger partial charge < -0.3 is 9.26 Å². The molecule has 0 aliphatic heterocycles. The second-order valence-electron chi connectivity index (χ2n) is 3.96. The van der Waals surface area contributed by atoms with Crippen molar-refractivity contribution in [1.29, 1.82) is 0 Å². The lowest BCUT2D eigenvalue weighted by Crippen LogP contribution is -2.21. The minimum absolute atomic E-state index is 0.0663. The Morgan fingerprint density at radius 2 is 2.24 bits per heavy atom. The molecule has 0 aromatic carbocycles. The average molecular weight is 258 g/mol. The van der Waals surface area contributed by atoms with Gasteiger partial charge >= 0.3 is 5.97 Å². The molecule has 1 heterocycles. The van der Waals surface area contributed by atoms with E-state index in [0.717, 1.165) is 0 Å². The number of carbonyl (C=O) groups is 1. The van der Waals surface area contributed by atoms with E-state index in [-0.39, 0.29) is 11.9 Å². The molecule has 0 N–H and O–H groups in total. The van der Waals surface area contributed by atoms with Gasteiger partial charge in [-0.05, 0) is 19.1 Å². The first kappa shape index (κ1) is 14.0. The van der Waals surface area contributed by atoms with Gasteiger partial charge in [0.25, 0.3) is 0 Å². The maximum atomic E-state index is 11.8. The monoisotopic (exact) mass is 258 g/mol. The summed E-state index contributed by atoms with van der Waals surface area (Å²) in [7, 11) is 0. The number of hydrogen-bond donors (Lipinski definition) is 0. The van der Waals surface area contributed by atoms with Crippen LogP contribution in [-0.4, -0.2) is 29.0 Å². The number of ether oxygens (including phenoxy) is 1. The number of rotatable bonds is 6. The summed E-state index contributed by atoms with van der Waals surface area (Å²) in [5.41, 5.74) is 0. The van der Waals surface area contributed by atoms with Crippen molar-refractivity contribution in [3.05, 3.63) is 11.7 Å². The second kappa shape index (κ2) is 6.64. The molecule has 1 unspecified atom stereocenters. The average Bonchev–Trinajstić information content (AvgIpc) is 2.67. The van der Waals surface area contributed by atoms with Gasteiger partial charge in [-0.3, -0.25) is 4.79 Å². The van der Waals surface area contributed by atoms with Crippen LogP contribution in [-0.2, 0) is 15.3 Å². The van der Waals surface area contributed by atoms with Crippen LogP contribution in [0.25, 0.3) is 0 Å². The Morgan fingerprint density at radius 3 is 2.76 bits per heavy atom. The minimum atomic E-state index is -0.474. The smallest absolute Gasteiger partial charge is 0.318 e. The van der Waals surface area contributed by atoms with Gasteiger partial charge in [-0.25, -0.2) is 0 Å². The zero-order valence-electron chi connectivity index (χ0n) is 10.6. The first-order chi connectivity index (χ1) is 8.10. The Hall–Kier alpha value is -1.04. The Morgan fingerprint density at radius 1 is 1.53 bits per heavy atom. The predicted molar refractivity (Wildman–Crippen MR) is 65.7 cm³/mol. The van der Waals surface area contributed by atoms with Gasteiger partial charge in [-0.15, -0.1) is 0 Å². The molecule has 5 nitrogen and oxygen atoms in total. The molecule has 1 rings (SSSR count). The van der Waals surface area contributed by atoms with E-state index < -0.39 is 5.92 Å². The summed E-state index contributed by atoms with van der Waals surface area (Å²) < 4.78 is 10.1. The number of aromatic nitrogens is 2. The van der Waals surface area contributed by atoms with E-state index in [1.165, 1.54) is 0 Å². The lowest BCUT2D eigenvalue weighted by atomic mass is 9.96. The molecule has 0 aliphatic carbocycles. The third-order valence-corrected chi connectivity index (χ3v) is 2.78. The topological polar surface area (TPSA) is 65.2 Å². The van der Waals surface area contributed by atoms with Crippen LogP contribution < -0.4 is 0 Å². The second-order valence-corrected chi connectivity index (χ2v) is 4.82. The summed E-state index contributed by atoms with van der Waals surface area (Å²) in [6, 6.07) is 0. The van der Waals surface area contributed by atoms with Crippen molar-refractivity contribution in [2.75, 3.05) is 12.9 Å². The Labute approximate surface area is 105 Å². The molecule has 0 amide bonds. The van der Waals surface area contributed by atoms with E-state index >= 15 is 0 Å². The standard InChI is InChI=1S/C11H18N2O3S/c1-5-15-11(14)9(7(2)3)10-12-8(6-17-4)13-16-10/h7,9H,5-6H2,1-4H3. The fourth-order valence-electron chi connectivity index (χ4n) is 1.47. The van der Waals surface area contributed by atoms with Crippen LogP contribution in [0, 0.1) is 5.92 Å². The molecule has 0 spiro atoms. The first-order valence-electron chi connectivity index (χ1n) is 5.58. The minimum Gasteiger partial charge on any atom is -0.465 e. The van der Waals surface area contributed by atoms with Crippen molar-refractivity contribution >= 4 is 17.7 Å². The maximum absolute atomic E-state index is 11.8. The zero-order chi connectivity index (χ0) is 12.8. The molecule has 0 bridgehead atoms. The number of nitrogens with zero attached hydrogens (tertiary/aromatic N) is 2. The molecule has 0 aliphatic rings. The summed E-state index contributed by atoms with van der Waals surface area (Å²) in [5.74, 6) is 0.929. The van der Waals surface area contributed by atoms with Crippen molar-refractivity contribution in [3.63, 3.8) is 0 Å². The third-order valence-electron chi connectivity index (χ3n) is 2.23. The van der Waals surface area contributed by atoms with Crippen molar-refractivity contribution in [3.8, 4) is 0 Å². The molecule has 1 aromatic rings. The summed E-state index contributed by atoms with van der Waals surface area (Å²) in [6.45, 7) is 6.00. The third kappa shape index (κ3) is 3.73. The Kier molecular flexibility index (Phi) is 5.47. The molecule has 0 saturated heterocycles. The number of thioether (sulfide) groups is 1. The summed E-state index contributed by atoms with van der Waals surface area (Å²) in [4.78, 5) is 16.0. The molecule has 96 valence electrons. The van der Waals surface area contributed by atoms with Crippen LogP contribution >= 0.6 is 11.8 Å². The maximum Gasteiger partial charge on any atom is 0.318 e. The van der Waals surface area contributed by atoms with Crippen molar-refractivity contribution in [2.45, 2.75) is 32.4 Å². The molecule has 0 fully saturated rings. The van der Waals surface area contributed by atoms with Crippen molar-refractivity contribution < 1.29 is 14.1 Å². The van der Waals surface area contributed by atoms with Gasteiger partial charge in [0.15, 0.2) is 5.82 Å². The van der Waals surface area contributed by atoms with Gasteiger partial charge in [-0.1, -0.05) is 19.0 Å². The van der Waals surface area contributed by atoms with E-state index in [9.17, 15) is 4.79 Å². The molecule has 1 aromatic heterocycles. The van der Waals surface area contributed by atoms with E-state index in [1.807, 2.05) is 20.1 Å². The summed E-state index contributed by atoms with van der Waals surface area (Å²) in [6.07, 6.45) is 1.96. The quantitative estimate of drug-likeness (QED) is 0.729. The lowest BCUT2D eigenvalue weighted by Gasteiger charge is -2.14. The molecule has 6 heteroatoms. The van der Waals surface area contributed by atoms with E-state index in [2.05, 4.69) is 10.1 Å². The Balaban J connectivity index is 2.85. The molecular weight excluding hydrogens is 240 g/mol. The predicted octanol–water partition coefficient (Wildman–Crippen LogP) is 2.24. The van der Waals surface area contributed by atoms with Gasteiger partial charge in [-0.2, -0.15) is 16.7 Å². The largest absolute Gasteiger partial charge is 0.465 e. The number of hydrogen-bond acceptors (Lipinski definition) is 6. The summed E-state index contributed by atoms with van der Waals surface area (Å²) >= 11 is 1.61. The molecule has 1 atom stereocenters. The highest BCUT2D eigenvalue weighted by atomic mass is 32.2. The highest BCUT2D eigenvalue weighted by Gasteiger charge is 2.31. The number of carbonyl (C=O) groups excluding carboxylic acids is 1. The van der Waals surface area contributed by atoms with Crippen LogP contribution in [0.4, 0.5) is 0 Å². The highest BCUT2D eigenvalue weighted by molar-refractivity contribution is 7.97. The van der Waals surface area contributed by atoms with Gasteiger partial charge in [0.2, 0.25) is 5.89 Å². The zero-order valence-corrected chi connectivity index (χ0v) is 11.4. The van der Waals surface area contributed by atoms with E-state index in [1.54, 1.807) is 18.7 Å². The van der Waals surface area contributed by atoms with Gasteiger partial charge in [0.05, 0.1) is 12.4 Å². The molecule has 0 radical (unpaired) electrons. The first-order valence-corrected chi connectivity index (χ1v) is 6.97. The molecule has 0 saturated carbocycles. The Bertz CT molecular complexity index is 365. The lowest BCUT2D eigenvalue weighted by molar-refractivity contribution is -0.146. The highest BCUT2D eigenvalue weighted by Crippen LogP contribution is 2.25. The molecule has 17 heavy (non-hydrogen) atoms. The van der Waals surface area contributed by atoms with Crippen molar-refractivity contribution in [2.24, 2.45) is 5.92 Å². The van der Waals surface area contributed by atoms with Gasteiger partial charge in [0.1, 0.15) is 5.92 Å². The van der Waals surface area contributed by atoms with E-state index in [0.29, 0.717) is 24.1 Å². The normalized spacial score (nSPS) is 12.8. The summed E-state index contributed by atoms with van der Waals surface area (Å²) in [5, 5.41) is 3.84. The van der Waals surface area contributed by atoms with Crippen molar-refractivity contribution in [1.82, 2.24) is 10.1 Å². The van der Waals surface area contributed by atoms with Crippen LogP contribution in [0.2, 0.25) is 0 Å². The van der Waals surface area contributed by atoms with Crippen LogP contribution in [0.1, 0.15) is 38.4 Å². The fourth-order valence-corrected chi connectivity index (χ4v) is 1.85. The SMILES string of the molecule is CCOC(=O)C(c1nc(CSC)no1)C(C)C. The fraction of sp³-hybridized carbons (Fsp3) is 0.727. The van der Waals surface area contributed by atoms with E-state index in [4.69, 9.17) is 9.26 Å². The van der Waals surface area contributed by atoms with Gasteiger partial charge in [0, 0.05) is 0 Å². The number of esters is 1. The van der Waals surface area contributed by atoms with Crippen LogP contribution in [0.3, 0.4) is 0 Å². The van der Waals surface area contributed by atoms with Crippen LogP contribution in [0.5, 0.6) is 0 Å². The molecular formula is C11H18N2O3S.